The van der Waals surface area contributed by atoms with Gasteiger partial charge < -0.3 is 20.5 Å². The Hall–Kier alpha value is -1.91. The van der Waals surface area contributed by atoms with Crippen LogP contribution in [0.15, 0.2) is 12.1 Å². The molecule has 0 spiro atoms. The molecule has 0 saturated carbocycles. The summed E-state index contributed by atoms with van der Waals surface area (Å²) >= 11 is 0. The summed E-state index contributed by atoms with van der Waals surface area (Å²) < 4.78 is 10.1. The fourth-order valence-corrected chi connectivity index (χ4v) is 1.25. The highest BCUT2D eigenvalue weighted by atomic mass is 16.5. The zero-order chi connectivity index (χ0) is 11.4. The van der Waals surface area contributed by atoms with Crippen LogP contribution in [0.3, 0.4) is 0 Å². The minimum atomic E-state index is -0.194. The zero-order valence-corrected chi connectivity index (χ0v) is 8.96. The molecule has 5 nitrogen and oxygen atoms in total. The van der Waals surface area contributed by atoms with Crippen LogP contribution < -0.4 is 20.5 Å². The molecule has 0 unspecified atom stereocenters. The van der Waals surface area contributed by atoms with Gasteiger partial charge >= 0.3 is 0 Å². The van der Waals surface area contributed by atoms with Crippen LogP contribution in [0, 0.1) is 0 Å². The Kier molecular flexibility index (Phi) is 3.38. The molecular weight excluding hydrogens is 196 g/mol. The number of carbonyl (C=O) groups is 1. The summed E-state index contributed by atoms with van der Waals surface area (Å²) in [6, 6.07) is 3.28. The number of amides is 1. The average molecular weight is 210 g/mol. The van der Waals surface area contributed by atoms with Gasteiger partial charge in [-0.25, -0.2) is 0 Å². The van der Waals surface area contributed by atoms with Crippen LogP contribution in [0.25, 0.3) is 0 Å². The molecule has 1 aromatic carbocycles. The molecule has 0 bridgehead atoms. The van der Waals surface area contributed by atoms with Gasteiger partial charge in [0, 0.05) is 19.1 Å². The average Bonchev–Trinajstić information content (AvgIpc) is 2.16. The standard InChI is InChI=1S/C10H14N2O3/c1-6(13)12-9-5-7(14-2)4-8(11)10(9)15-3/h4-5H,11H2,1-3H3,(H,12,13). The molecule has 82 valence electrons. The number of rotatable bonds is 3. The highest BCUT2D eigenvalue weighted by Gasteiger charge is 2.10. The lowest BCUT2D eigenvalue weighted by Gasteiger charge is -2.13. The highest BCUT2D eigenvalue weighted by molar-refractivity contribution is 5.92. The van der Waals surface area contributed by atoms with Crippen molar-refractivity contribution in [3.8, 4) is 11.5 Å². The molecule has 15 heavy (non-hydrogen) atoms. The third-order valence-electron chi connectivity index (χ3n) is 1.84. The van der Waals surface area contributed by atoms with Crippen molar-refractivity contribution in [2.24, 2.45) is 0 Å². The number of hydrogen-bond donors (Lipinski definition) is 2. The number of benzene rings is 1. The Morgan fingerprint density at radius 3 is 2.47 bits per heavy atom. The summed E-state index contributed by atoms with van der Waals surface area (Å²) in [6.45, 7) is 1.41. The second-order valence-electron chi connectivity index (χ2n) is 2.98. The van der Waals surface area contributed by atoms with Crippen LogP contribution in [-0.4, -0.2) is 20.1 Å². The van der Waals surface area contributed by atoms with Gasteiger partial charge in [-0.3, -0.25) is 4.79 Å². The monoisotopic (exact) mass is 210 g/mol. The fourth-order valence-electron chi connectivity index (χ4n) is 1.25. The van der Waals surface area contributed by atoms with Crippen molar-refractivity contribution in [1.29, 1.82) is 0 Å². The van der Waals surface area contributed by atoms with E-state index in [0.29, 0.717) is 22.9 Å². The first-order valence-electron chi connectivity index (χ1n) is 4.37. The van der Waals surface area contributed by atoms with Gasteiger partial charge in [0.1, 0.15) is 5.75 Å². The van der Waals surface area contributed by atoms with Gasteiger partial charge in [-0.15, -0.1) is 0 Å². The van der Waals surface area contributed by atoms with E-state index in [9.17, 15) is 4.79 Å². The van der Waals surface area contributed by atoms with E-state index in [2.05, 4.69) is 5.32 Å². The minimum Gasteiger partial charge on any atom is -0.497 e. The van der Waals surface area contributed by atoms with Crippen molar-refractivity contribution in [2.45, 2.75) is 6.92 Å². The van der Waals surface area contributed by atoms with Gasteiger partial charge in [-0.2, -0.15) is 0 Å². The van der Waals surface area contributed by atoms with Gasteiger partial charge in [0.15, 0.2) is 5.75 Å². The van der Waals surface area contributed by atoms with Crippen LogP contribution in [0.1, 0.15) is 6.92 Å². The molecule has 0 aliphatic heterocycles. The molecule has 0 radical (unpaired) electrons. The number of nitrogens with one attached hydrogen (secondary N) is 1. The maximum Gasteiger partial charge on any atom is 0.221 e. The largest absolute Gasteiger partial charge is 0.497 e. The Morgan fingerprint density at radius 2 is 2.00 bits per heavy atom. The molecule has 1 rings (SSSR count). The molecule has 1 aromatic rings. The topological polar surface area (TPSA) is 73.6 Å². The maximum absolute atomic E-state index is 10.9. The lowest BCUT2D eigenvalue weighted by molar-refractivity contribution is -0.114. The number of nitrogen functional groups attached to an aromatic ring is 1. The van der Waals surface area contributed by atoms with Crippen LogP contribution in [0.4, 0.5) is 11.4 Å². The maximum atomic E-state index is 10.9. The van der Waals surface area contributed by atoms with Crippen LogP contribution in [0.5, 0.6) is 11.5 Å². The highest BCUT2D eigenvalue weighted by Crippen LogP contribution is 2.35. The lowest BCUT2D eigenvalue weighted by Crippen LogP contribution is -2.08. The fraction of sp³-hybridized carbons (Fsp3) is 0.300. The molecule has 5 heteroatoms. The molecule has 0 aromatic heterocycles. The van der Waals surface area contributed by atoms with Crippen LogP contribution >= 0.6 is 0 Å². The van der Waals surface area contributed by atoms with E-state index in [1.54, 1.807) is 12.1 Å². The Morgan fingerprint density at radius 1 is 1.33 bits per heavy atom. The number of nitrogens with two attached hydrogens (primary N) is 1. The van der Waals surface area contributed by atoms with Gasteiger partial charge in [-0.1, -0.05) is 0 Å². The predicted octanol–water partition coefficient (Wildman–Crippen LogP) is 1.24. The first-order chi connectivity index (χ1) is 7.08. The number of methoxy groups -OCH3 is 2. The second kappa shape index (κ2) is 4.54. The SMILES string of the molecule is COc1cc(N)c(OC)c(NC(C)=O)c1. The summed E-state index contributed by atoms with van der Waals surface area (Å²) in [5, 5.41) is 2.62. The van der Waals surface area contributed by atoms with Crippen molar-refractivity contribution >= 4 is 17.3 Å². The Labute approximate surface area is 88.2 Å². The van der Waals surface area contributed by atoms with E-state index >= 15 is 0 Å². The minimum absolute atomic E-state index is 0.194. The van der Waals surface area contributed by atoms with Crippen molar-refractivity contribution in [3.63, 3.8) is 0 Å². The molecular formula is C10H14N2O3. The number of anilines is 2. The quantitative estimate of drug-likeness (QED) is 0.736. The number of hydrogen-bond acceptors (Lipinski definition) is 4. The van der Waals surface area contributed by atoms with Crippen molar-refractivity contribution in [1.82, 2.24) is 0 Å². The van der Waals surface area contributed by atoms with Gasteiger partial charge in [0.25, 0.3) is 0 Å². The molecule has 0 heterocycles. The van der Waals surface area contributed by atoms with Crippen LogP contribution in [0.2, 0.25) is 0 Å². The summed E-state index contributed by atoms with van der Waals surface area (Å²) in [7, 11) is 3.02. The van der Waals surface area contributed by atoms with E-state index in [1.807, 2.05) is 0 Å². The molecule has 0 atom stereocenters. The Bertz CT molecular complexity index is 377. The van der Waals surface area contributed by atoms with Crippen molar-refractivity contribution in [2.75, 3.05) is 25.3 Å². The van der Waals surface area contributed by atoms with Crippen molar-refractivity contribution < 1.29 is 14.3 Å². The van der Waals surface area contributed by atoms with Crippen LogP contribution in [-0.2, 0) is 4.79 Å². The first kappa shape index (κ1) is 11.2. The van der Waals surface area contributed by atoms with E-state index in [1.165, 1.54) is 21.1 Å². The van der Waals surface area contributed by atoms with E-state index in [0.717, 1.165) is 0 Å². The normalized spacial score (nSPS) is 9.53. The van der Waals surface area contributed by atoms with E-state index < -0.39 is 0 Å². The summed E-state index contributed by atoms with van der Waals surface area (Å²) in [5.74, 6) is 0.809. The summed E-state index contributed by atoms with van der Waals surface area (Å²) in [5.41, 5.74) is 6.65. The molecule has 3 N–H and O–H groups in total. The molecule has 1 amide bonds. The van der Waals surface area contributed by atoms with Gasteiger partial charge in [0.2, 0.25) is 5.91 Å². The lowest BCUT2D eigenvalue weighted by atomic mass is 10.2. The summed E-state index contributed by atoms with van der Waals surface area (Å²) in [6.07, 6.45) is 0. The predicted molar refractivity (Wildman–Crippen MR) is 58.3 cm³/mol. The van der Waals surface area contributed by atoms with E-state index in [-0.39, 0.29) is 5.91 Å². The van der Waals surface area contributed by atoms with E-state index in [4.69, 9.17) is 15.2 Å². The number of ether oxygens (including phenoxy) is 2. The first-order valence-corrected chi connectivity index (χ1v) is 4.37. The zero-order valence-electron chi connectivity index (χ0n) is 8.96. The summed E-state index contributed by atoms with van der Waals surface area (Å²) in [4.78, 5) is 10.9. The third kappa shape index (κ3) is 2.52. The van der Waals surface area contributed by atoms with Crippen molar-refractivity contribution in [3.05, 3.63) is 12.1 Å². The third-order valence-corrected chi connectivity index (χ3v) is 1.84. The second-order valence-corrected chi connectivity index (χ2v) is 2.98. The molecule has 0 saturated heterocycles. The molecule has 0 fully saturated rings. The van der Waals surface area contributed by atoms with Gasteiger partial charge in [-0.05, 0) is 0 Å². The number of carbonyl (C=O) groups excluding carboxylic acids is 1. The smallest absolute Gasteiger partial charge is 0.221 e. The molecule has 0 aliphatic carbocycles. The van der Waals surface area contributed by atoms with Gasteiger partial charge in [0.05, 0.1) is 25.6 Å². The Balaban J connectivity index is 3.19. The molecule has 0 aliphatic rings.